The fourth-order valence-corrected chi connectivity index (χ4v) is 2.73. The molecule has 1 fully saturated rings. The summed E-state index contributed by atoms with van der Waals surface area (Å²) in [7, 11) is 1.55. The van der Waals surface area contributed by atoms with Crippen molar-refractivity contribution in [3.05, 3.63) is 35.2 Å². The molecule has 3 rings (SSSR count). The van der Waals surface area contributed by atoms with Crippen LogP contribution in [0, 0.1) is 0 Å². The summed E-state index contributed by atoms with van der Waals surface area (Å²) in [5.41, 5.74) is 0.689. The second-order valence-electron chi connectivity index (χ2n) is 5.97. The van der Waals surface area contributed by atoms with E-state index in [-0.39, 0.29) is 43.9 Å². The molecule has 1 saturated heterocycles. The summed E-state index contributed by atoms with van der Waals surface area (Å²) in [5.74, 6) is -0.246. The van der Waals surface area contributed by atoms with Crippen molar-refractivity contribution in [1.82, 2.24) is 19.9 Å². The van der Waals surface area contributed by atoms with Crippen LogP contribution in [-0.4, -0.2) is 58.0 Å². The zero-order chi connectivity index (χ0) is 19.4. The van der Waals surface area contributed by atoms with E-state index in [1.54, 1.807) is 31.3 Å². The van der Waals surface area contributed by atoms with Gasteiger partial charge in [-0.15, -0.1) is 0 Å². The van der Waals surface area contributed by atoms with Gasteiger partial charge in [-0.25, -0.2) is 4.79 Å². The number of ether oxygens (including phenoxy) is 1. The number of imide groups is 1. The minimum Gasteiger partial charge on any atom is -0.456 e. The molecule has 0 saturated carbocycles. The lowest BCUT2D eigenvalue weighted by molar-refractivity contribution is -0.146. The molecule has 0 spiro atoms. The number of carbonyl (C=O) groups excluding carboxylic acids is 3. The molecule has 1 aliphatic rings. The molecule has 1 aromatic heterocycles. The maximum Gasteiger partial charge on any atom is 0.326 e. The number of nitrogens with zero attached hydrogens (tertiary/aromatic N) is 4. The molecule has 9 nitrogen and oxygen atoms in total. The highest BCUT2D eigenvalue weighted by atomic mass is 35.5. The number of esters is 1. The summed E-state index contributed by atoms with van der Waals surface area (Å²) >= 11 is 5.92. The Bertz CT molecular complexity index is 869. The Balaban J connectivity index is 1.43. The molecule has 3 amide bonds. The maximum atomic E-state index is 11.8. The van der Waals surface area contributed by atoms with Crippen molar-refractivity contribution in [3.8, 4) is 11.4 Å². The fourth-order valence-electron chi connectivity index (χ4n) is 2.54. The molecular formula is C17H17ClN4O5. The highest BCUT2D eigenvalue weighted by Crippen LogP contribution is 2.20. The number of aromatic nitrogens is 2. The van der Waals surface area contributed by atoms with Crippen molar-refractivity contribution in [2.75, 3.05) is 20.1 Å². The van der Waals surface area contributed by atoms with Crippen LogP contribution < -0.4 is 0 Å². The van der Waals surface area contributed by atoms with Gasteiger partial charge in [0.25, 0.3) is 5.89 Å². The van der Waals surface area contributed by atoms with Crippen LogP contribution in [0.1, 0.15) is 18.7 Å². The molecule has 1 aromatic carbocycles. The van der Waals surface area contributed by atoms with Crippen molar-refractivity contribution < 1.29 is 23.6 Å². The predicted molar refractivity (Wildman–Crippen MR) is 93.5 cm³/mol. The lowest BCUT2D eigenvalue weighted by Gasteiger charge is -2.13. The van der Waals surface area contributed by atoms with Crippen LogP contribution in [0.3, 0.4) is 0 Å². The van der Waals surface area contributed by atoms with Crippen LogP contribution in [0.25, 0.3) is 11.4 Å². The van der Waals surface area contributed by atoms with Gasteiger partial charge in [0.15, 0.2) is 6.61 Å². The average molecular weight is 393 g/mol. The van der Waals surface area contributed by atoms with Crippen LogP contribution in [-0.2, 0) is 20.9 Å². The number of likely N-dealkylation sites (N-methyl/N-ethyl adjacent to an activating group) is 1. The number of halogens is 1. The quantitative estimate of drug-likeness (QED) is 0.524. The van der Waals surface area contributed by atoms with Gasteiger partial charge in [0.05, 0.1) is 0 Å². The zero-order valence-corrected chi connectivity index (χ0v) is 15.3. The van der Waals surface area contributed by atoms with Crippen LogP contribution in [0.5, 0.6) is 0 Å². The minimum absolute atomic E-state index is 0.0649. The number of hydrogen-bond donors (Lipinski definition) is 0. The average Bonchev–Trinajstić information content (AvgIpc) is 3.20. The summed E-state index contributed by atoms with van der Waals surface area (Å²) in [6, 6.07) is 6.62. The lowest BCUT2D eigenvalue weighted by atomic mass is 10.2. The van der Waals surface area contributed by atoms with Crippen molar-refractivity contribution >= 4 is 29.5 Å². The van der Waals surface area contributed by atoms with Crippen molar-refractivity contribution in [1.29, 1.82) is 0 Å². The highest BCUT2D eigenvalue weighted by Gasteiger charge is 2.32. The Morgan fingerprint density at radius 2 is 2.19 bits per heavy atom. The Morgan fingerprint density at radius 1 is 1.37 bits per heavy atom. The summed E-state index contributed by atoms with van der Waals surface area (Å²) in [4.78, 5) is 41.8. The second-order valence-corrected chi connectivity index (χ2v) is 6.41. The van der Waals surface area contributed by atoms with E-state index >= 15 is 0 Å². The molecule has 10 heteroatoms. The summed E-state index contributed by atoms with van der Waals surface area (Å²) in [6.45, 7) is 0.0860. The SMILES string of the molecule is CN1CC(=O)N(CCCC(=O)OCc2nc(-c3cccc(Cl)c3)no2)C1=O. The number of hydrogen-bond acceptors (Lipinski definition) is 7. The minimum atomic E-state index is -0.482. The van der Waals surface area contributed by atoms with Crippen molar-refractivity contribution in [2.45, 2.75) is 19.4 Å². The summed E-state index contributed by atoms with van der Waals surface area (Å²) in [6.07, 6.45) is 0.387. The molecule has 0 atom stereocenters. The van der Waals surface area contributed by atoms with Gasteiger partial charge in [-0.05, 0) is 18.6 Å². The summed E-state index contributed by atoms with van der Waals surface area (Å²) in [5, 5.41) is 4.37. The largest absolute Gasteiger partial charge is 0.456 e. The Morgan fingerprint density at radius 3 is 2.89 bits per heavy atom. The zero-order valence-electron chi connectivity index (χ0n) is 14.6. The fraction of sp³-hybridized carbons (Fsp3) is 0.353. The monoisotopic (exact) mass is 392 g/mol. The van der Waals surface area contributed by atoms with Gasteiger partial charge < -0.3 is 14.2 Å². The van der Waals surface area contributed by atoms with E-state index in [1.165, 1.54) is 4.90 Å². The molecule has 0 bridgehead atoms. The van der Waals surface area contributed by atoms with E-state index in [4.69, 9.17) is 20.9 Å². The molecule has 1 aliphatic heterocycles. The number of rotatable bonds is 7. The van der Waals surface area contributed by atoms with Crippen LogP contribution in [0.2, 0.25) is 5.02 Å². The molecule has 27 heavy (non-hydrogen) atoms. The highest BCUT2D eigenvalue weighted by molar-refractivity contribution is 6.30. The van der Waals surface area contributed by atoms with Crippen LogP contribution in [0.4, 0.5) is 4.79 Å². The van der Waals surface area contributed by atoms with E-state index in [0.29, 0.717) is 22.8 Å². The van der Waals surface area contributed by atoms with Gasteiger partial charge in [-0.2, -0.15) is 4.98 Å². The maximum absolute atomic E-state index is 11.8. The lowest BCUT2D eigenvalue weighted by Crippen LogP contribution is -2.32. The molecule has 0 radical (unpaired) electrons. The standard InChI is InChI=1S/C17H17ClN4O5/c1-21-9-14(23)22(17(21)25)7-3-6-15(24)26-10-13-19-16(20-27-13)11-4-2-5-12(18)8-11/h2,4-5,8H,3,6-7,9-10H2,1H3. The molecule has 142 valence electrons. The molecule has 0 N–H and O–H groups in total. The van der Waals surface area contributed by atoms with E-state index in [9.17, 15) is 14.4 Å². The number of benzene rings is 1. The number of urea groups is 1. The smallest absolute Gasteiger partial charge is 0.326 e. The third-order valence-electron chi connectivity index (χ3n) is 3.90. The van der Waals surface area contributed by atoms with Gasteiger partial charge in [-0.3, -0.25) is 14.5 Å². The van der Waals surface area contributed by atoms with Gasteiger partial charge >= 0.3 is 12.0 Å². The van der Waals surface area contributed by atoms with E-state index in [2.05, 4.69) is 10.1 Å². The number of amides is 3. The Labute approximate surface area is 159 Å². The third-order valence-corrected chi connectivity index (χ3v) is 4.14. The number of carbonyl (C=O) groups is 3. The first-order valence-corrected chi connectivity index (χ1v) is 8.61. The molecule has 0 aliphatic carbocycles. The van der Waals surface area contributed by atoms with E-state index in [1.807, 2.05) is 0 Å². The van der Waals surface area contributed by atoms with Crippen LogP contribution >= 0.6 is 11.6 Å². The van der Waals surface area contributed by atoms with Gasteiger partial charge in [0.2, 0.25) is 11.7 Å². The first-order chi connectivity index (χ1) is 12.9. The van der Waals surface area contributed by atoms with Crippen LogP contribution in [0.15, 0.2) is 28.8 Å². The third kappa shape index (κ3) is 4.62. The molecular weight excluding hydrogens is 376 g/mol. The van der Waals surface area contributed by atoms with Gasteiger partial charge in [0.1, 0.15) is 6.54 Å². The Hall–Kier alpha value is -2.94. The first-order valence-electron chi connectivity index (χ1n) is 8.23. The molecule has 2 heterocycles. The first kappa shape index (κ1) is 18.8. The van der Waals surface area contributed by atoms with Crippen molar-refractivity contribution in [3.63, 3.8) is 0 Å². The predicted octanol–water partition coefficient (Wildman–Crippen LogP) is 2.11. The summed E-state index contributed by atoms with van der Waals surface area (Å²) < 4.78 is 10.1. The molecule has 2 aromatic rings. The topological polar surface area (TPSA) is 106 Å². The van der Waals surface area contributed by atoms with E-state index in [0.717, 1.165) is 4.90 Å². The van der Waals surface area contributed by atoms with E-state index < -0.39 is 5.97 Å². The normalized spacial score (nSPS) is 14.1. The molecule has 0 unspecified atom stereocenters. The van der Waals surface area contributed by atoms with Gasteiger partial charge in [-0.1, -0.05) is 28.9 Å². The Kier molecular flexibility index (Phi) is 5.70. The second kappa shape index (κ2) is 8.17. The van der Waals surface area contributed by atoms with Crippen molar-refractivity contribution in [2.24, 2.45) is 0 Å². The van der Waals surface area contributed by atoms with Gasteiger partial charge in [0, 0.05) is 30.6 Å².